The molecule has 1 fully saturated rings. The van der Waals surface area contributed by atoms with Crippen LogP contribution in [-0.2, 0) is 11.3 Å². The van der Waals surface area contributed by atoms with E-state index in [-0.39, 0.29) is 5.91 Å². The fraction of sp³-hybridized carbons (Fsp3) is 0.500. The molecule has 1 atom stereocenters. The maximum Gasteiger partial charge on any atom is 0.220 e. The van der Waals surface area contributed by atoms with E-state index >= 15 is 0 Å². The zero-order chi connectivity index (χ0) is 13.7. The molecule has 3 nitrogen and oxygen atoms in total. The van der Waals surface area contributed by atoms with Crippen molar-refractivity contribution < 1.29 is 4.79 Å². The van der Waals surface area contributed by atoms with Crippen molar-refractivity contribution in [3.05, 3.63) is 33.8 Å². The Labute approximate surface area is 123 Å². The average molecular weight is 301 g/mol. The van der Waals surface area contributed by atoms with Crippen LogP contribution in [0, 0.1) is 5.92 Å². The summed E-state index contributed by atoms with van der Waals surface area (Å²) in [5.74, 6) is 0.725. The first-order valence-electron chi connectivity index (χ1n) is 6.56. The molecule has 1 aliphatic rings. The maximum atomic E-state index is 11.8. The lowest BCUT2D eigenvalue weighted by atomic mass is 10.0. The topological polar surface area (TPSA) is 41.1 Å². The van der Waals surface area contributed by atoms with Crippen molar-refractivity contribution in [1.82, 2.24) is 10.6 Å². The van der Waals surface area contributed by atoms with E-state index in [2.05, 4.69) is 10.6 Å². The number of hydrogen-bond acceptors (Lipinski definition) is 2. The van der Waals surface area contributed by atoms with E-state index in [1.54, 1.807) is 12.1 Å². The molecule has 1 saturated heterocycles. The van der Waals surface area contributed by atoms with Crippen LogP contribution in [0.15, 0.2) is 18.2 Å². The van der Waals surface area contributed by atoms with Crippen LogP contribution in [0.5, 0.6) is 0 Å². The Kier molecular flexibility index (Phi) is 5.49. The van der Waals surface area contributed by atoms with Crippen molar-refractivity contribution in [2.75, 3.05) is 13.1 Å². The number of benzene rings is 1. The minimum Gasteiger partial charge on any atom is -0.352 e. The Bertz CT molecular complexity index is 445. The first kappa shape index (κ1) is 14.6. The summed E-state index contributed by atoms with van der Waals surface area (Å²) in [4.78, 5) is 11.8. The summed E-state index contributed by atoms with van der Waals surface area (Å²) in [5.41, 5.74) is 0.891. The van der Waals surface area contributed by atoms with Crippen molar-refractivity contribution in [2.45, 2.75) is 25.8 Å². The fourth-order valence-electron chi connectivity index (χ4n) is 2.24. The quantitative estimate of drug-likeness (QED) is 0.878. The minimum atomic E-state index is 0.0814. The van der Waals surface area contributed by atoms with Gasteiger partial charge in [-0.05, 0) is 49.5 Å². The van der Waals surface area contributed by atoms with E-state index in [4.69, 9.17) is 23.2 Å². The summed E-state index contributed by atoms with van der Waals surface area (Å²) >= 11 is 11.9. The standard InChI is InChI=1S/C14H18Cl2N2O/c15-12-3-2-11(13(16)7-12)9-18-14(19)4-1-10-5-6-17-8-10/h2-3,7,10,17H,1,4-6,8-9H2,(H,18,19). The van der Waals surface area contributed by atoms with Crippen LogP contribution in [-0.4, -0.2) is 19.0 Å². The van der Waals surface area contributed by atoms with E-state index in [0.717, 1.165) is 25.1 Å². The third-order valence-electron chi connectivity index (χ3n) is 3.43. The fourth-order valence-corrected chi connectivity index (χ4v) is 2.72. The van der Waals surface area contributed by atoms with Gasteiger partial charge < -0.3 is 10.6 Å². The van der Waals surface area contributed by atoms with E-state index < -0.39 is 0 Å². The zero-order valence-electron chi connectivity index (χ0n) is 10.7. The molecule has 2 N–H and O–H groups in total. The summed E-state index contributed by atoms with van der Waals surface area (Å²) in [6.45, 7) is 2.57. The molecule has 1 unspecified atom stereocenters. The molecule has 0 aromatic heterocycles. The van der Waals surface area contributed by atoms with Gasteiger partial charge in [0.25, 0.3) is 0 Å². The summed E-state index contributed by atoms with van der Waals surface area (Å²) < 4.78 is 0. The smallest absolute Gasteiger partial charge is 0.220 e. The van der Waals surface area contributed by atoms with Crippen LogP contribution in [0.4, 0.5) is 0 Å². The molecule has 104 valence electrons. The van der Waals surface area contributed by atoms with Crippen molar-refractivity contribution in [3.8, 4) is 0 Å². The predicted molar refractivity (Wildman–Crippen MR) is 78.5 cm³/mol. The van der Waals surface area contributed by atoms with Crippen molar-refractivity contribution in [1.29, 1.82) is 0 Å². The Morgan fingerprint density at radius 3 is 2.95 bits per heavy atom. The Balaban J connectivity index is 1.73. The van der Waals surface area contributed by atoms with Gasteiger partial charge in [-0.1, -0.05) is 29.3 Å². The Morgan fingerprint density at radius 2 is 2.26 bits per heavy atom. The molecule has 0 saturated carbocycles. The van der Waals surface area contributed by atoms with Gasteiger partial charge in [-0.2, -0.15) is 0 Å². The largest absolute Gasteiger partial charge is 0.352 e. The highest BCUT2D eigenvalue weighted by Gasteiger charge is 2.15. The second-order valence-corrected chi connectivity index (χ2v) is 5.75. The average Bonchev–Trinajstić information content (AvgIpc) is 2.88. The lowest BCUT2D eigenvalue weighted by Crippen LogP contribution is -2.23. The molecule has 5 heteroatoms. The van der Waals surface area contributed by atoms with Crippen molar-refractivity contribution >= 4 is 29.1 Å². The van der Waals surface area contributed by atoms with E-state index in [0.29, 0.717) is 28.9 Å². The van der Waals surface area contributed by atoms with Crippen LogP contribution < -0.4 is 10.6 Å². The number of carbonyl (C=O) groups is 1. The van der Waals surface area contributed by atoms with Gasteiger partial charge in [0.2, 0.25) is 5.91 Å². The van der Waals surface area contributed by atoms with Crippen LogP contribution in [0.3, 0.4) is 0 Å². The molecule has 1 aromatic carbocycles. The number of nitrogens with one attached hydrogen (secondary N) is 2. The molecule has 19 heavy (non-hydrogen) atoms. The molecule has 1 aliphatic heterocycles. The zero-order valence-corrected chi connectivity index (χ0v) is 12.2. The molecular weight excluding hydrogens is 283 g/mol. The number of amides is 1. The molecular formula is C14H18Cl2N2O. The number of halogens is 2. The molecule has 1 heterocycles. The van der Waals surface area contributed by atoms with Gasteiger partial charge in [-0.3, -0.25) is 4.79 Å². The van der Waals surface area contributed by atoms with Crippen molar-refractivity contribution in [3.63, 3.8) is 0 Å². The van der Waals surface area contributed by atoms with Gasteiger partial charge in [-0.15, -0.1) is 0 Å². The monoisotopic (exact) mass is 300 g/mol. The third-order valence-corrected chi connectivity index (χ3v) is 4.02. The third kappa shape index (κ3) is 4.68. The summed E-state index contributed by atoms with van der Waals surface area (Å²) in [5, 5.41) is 7.40. The predicted octanol–water partition coefficient (Wildman–Crippen LogP) is 3.00. The lowest BCUT2D eigenvalue weighted by Gasteiger charge is -2.09. The van der Waals surface area contributed by atoms with E-state index in [9.17, 15) is 4.79 Å². The van der Waals surface area contributed by atoms with E-state index in [1.165, 1.54) is 6.42 Å². The summed E-state index contributed by atoms with van der Waals surface area (Å²) in [6, 6.07) is 5.31. The molecule has 0 spiro atoms. The SMILES string of the molecule is O=C(CCC1CCNC1)NCc1ccc(Cl)cc1Cl. The highest BCUT2D eigenvalue weighted by Crippen LogP contribution is 2.21. The maximum absolute atomic E-state index is 11.8. The number of rotatable bonds is 5. The van der Waals surface area contributed by atoms with Gasteiger partial charge in [0.15, 0.2) is 0 Å². The second-order valence-electron chi connectivity index (χ2n) is 4.91. The van der Waals surface area contributed by atoms with Gasteiger partial charge in [0.05, 0.1) is 0 Å². The van der Waals surface area contributed by atoms with Crippen LogP contribution in [0.25, 0.3) is 0 Å². The van der Waals surface area contributed by atoms with Gasteiger partial charge >= 0.3 is 0 Å². The molecule has 0 aliphatic carbocycles. The Morgan fingerprint density at radius 1 is 1.42 bits per heavy atom. The van der Waals surface area contributed by atoms with Crippen LogP contribution in [0.2, 0.25) is 10.0 Å². The van der Waals surface area contributed by atoms with Gasteiger partial charge in [-0.25, -0.2) is 0 Å². The first-order chi connectivity index (χ1) is 9.15. The Hall–Kier alpha value is -0.770. The number of hydrogen-bond donors (Lipinski definition) is 2. The normalized spacial score (nSPS) is 18.5. The summed E-state index contributed by atoms with van der Waals surface area (Å²) in [7, 11) is 0. The number of carbonyl (C=O) groups excluding carboxylic acids is 1. The van der Waals surface area contributed by atoms with Gasteiger partial charge in [0, 0.05) is 23.0 Å². The molecule has 1 aromatic rings. The first-order valence-corrected chi connectivity index (χ1v) is 7.32. The molecule has 1 amide bonds. The minimum absolute atomic E-state index is 0.0814. The van der Waals surface area contributed by atoms with Crippen LogP contribution >= 0.6 is 23.2 Å². The highest BCUT2D eigenvalue weighted by atomic mass is 35.5. The molecule has 2 rings (SSSR count). The molecule has 0 bridgehead atoms. The molecule has 0 radical (unpaired) electrons. The lowest BCUT2D eigenvalue weighted by molar-refractivity contribution is -0.121. The highest BCUT2D eigenvalue weighted by molar-refractivity contribution is 6.35. The summed E-state index contributed by atoms with van der Waals surface area (Å²) in [6.07, 6.45) is 2.71. The van der Waals surface area contributed by atoms with Crippen LogP contribution in [0.1, 0.15) is 24.8 Å². The second kappa shape index (κ2) is 7.13. The van der Waals surface area contributed by atoms with Crippen molar-refractivity contribution in [2.24, 2.45) is 5.92 Å². The van der Waals surface area contributed by atoms with E-state index in [1.807, 2.05) is 6.07 Å². The van der Waals surface area contributed by atoms with Gasteiger partial charge in [0.1, 0.15) is 0 Å².